The van der Waals surface area contributed by atoms with Gasteiger partial charge in [0.1, 0.15) is 18.1 Å². The van der Waals surface area contributed by atoms with E-state index in [4.69, 9.17) is 9.47 Å². The number of hydrogen-bond donors (Lipinski definition) is 0. The lowest BCUT2D eigenvalue weighted by molar-refractivity contribution is 0.297. The summed E-state index contributed by atoms with van der Waals surface area (Å²) in [7, 11) is 0. The smallest absolute Gasteiger partial charge is 0.120 e. The maximum Gasteiger partial charge on any atom is 0.120 e. The lowest BCUT2D eigenvalue weighted by Gasteiger charge is -2.09. The molecule has 5 aromatic rings. The number of benzene rings is 5. The minimum absolute atomic E-state index is 0.470. The molecule has 0 aliphatic carbocycles. The molecule has 224 valence electrons. The molecule has 0 radical (unpaired) electrons. The molecule has 5 rings (SSSR count). The van der Waals surface area contributed by atoms with Gasteiger partial charge in [0.25, 0.3) is 0 Å². The Balaban J connectivity index is 1.19. The van der Waals surface area contributed by atoms with Crippen LogP contribution in [-0.4, -0.2) is 6.61 Å². The van der Waals surface area contributed by atoms with Gasteiger partial charge in [-0.2, -0.15) is 10.2 Å². The van der Waals surface area contributed by atoms with Crippen molar-refractivity contribution in [2.75, 3.05) is 6.61 Å². The molecule has 6 nitrogen and oxygen atoms in total. The highest BCUT2D eigenvalue weighted by atomic mass is 16.5. The van der Waals surface area contributed by atoms with Crippen molar-refractivity contribution in [1.29, 1.82) is 0 Å². The van der Waals surface area contributed by atoms with Crippen LogP contribution in [0.25, 0.3) is 10.8 Å². The van der Waals surface area contributed by atoms with E-state index in [9.17, 15) is 0 Å². The highest BCUT2D eigenvalue weighted by Crippen LogP contribution is 2.35. The van der Waals surface area contributed by atoms with Gasteiger partial charge in [0.2, 0.25) is 0 Å². The van der Waals surface area contributed by atoms with Crippen molar-refractivity contribution in [1.82, 2.24) is 0 Å². The third-order valence-corrected chi connectivity index (χ3v) is 7.36. The Morgan fingerprint density at radius 1 is 0.477 bits per heavy atom. The van der Waals surface area contributed by atoms with Crippen LogP contribution in [0.3, 0.4) is 0 Å². The van der Waals surface area contributed by atoms with Gasteiger partial charge in [-0.3, -0.25) is 0 Å². The molecule has 0 atom stereocenters. The molecule has 44 heavy (non-hydrogen) atoms. The number of ether oxygens (including phenoxy) is 2. The van der Waals surface area contributed by atoms with Crippen molar-refractivity contribution in [3.05, 3.63) is 120 Å². The number of unbranched alkanes of at least 4 members (excludes halogenated alkanes) is 3. The SMILES string of the molecule is CCCCCOc1ccc(OCc2ccc(N=Nc3ccc(N=Nc4ccc(CCCC)cc4)c4ccccc34)cc2)cc1. The summed E-state index contributed by atoms with van der Waals surface area (Å²) >= 11 is 0. The third kappa shape index (κ3) is 8.83. The van der Waals surface area contributed by atoms with Gasteiger partial charge in [0.15, 0.2) is 0 Å². The molecule has 6 heteroatoms. The van der Waals surface area contributed by atoms with E-state index < -0.39 is 0 Å². The summed E-state index contributed by atoms with van der Waals surface area (Å²) in [6.45, 7) is 5.62. The molecule has 5 aromatic carbocycles. The molecule has 0 aliphatic heterocycles. The van der Waals surface area contributed by atoms with E-state index in [-0.39, 0.29) is 0 Å². The van der Waals surface area contributed by atoms with Crippen LogP contribution in [0, 0.1) is 0 Å². The van der Waals surface area contributed by atoms with Crippen LogP contribution in [-0.2, 0) is 13.0 Å². The predicted molar refractivity (Wildman–Crippen MR) is 180 cm³/mol. The van der Waals surface area contributed by atoms with Crippen LogP contribution < -0.4 is 9.47 Å². The maximum absolute atomic E-state index is 5.96. The second-order valence-electron chi connectivity index (χ2n) is 10.8. The molecule has 0 bridgehead atoms. The predicted octanol–water partition coefficient (Wildman–Crippen LogP) is 12.2. The Hall–Kier alpha value is -4.84. The van der Waals surface area contributed by atoms with Crippen LogP contribution in [0.1, 0.15) is 57.1 Å². The van der Waals surface area contributed by atoms with E-state index in [0.717, 1.165) is 70.0 Å². The number of nitrogens with zero attached hydrogens (tertiary/aromatic N) is 4. The molecule has 0 saturated heterocycles. The Labute approximate surface area is 260 Å². The molecular weight excluding hydrogens is 544 g/mol. The van der Waals surface area contributed by atoms with Crippen molar-refractivity contribution in [3.63, 3.8) is 0 Å². The van der Waals surface area contributed by atoms with Crippen LogP contribution >= 0.6 is 0 Å². The number of fused-ring (bicyclic) bond motifs is 1. The summed E-state index contributed by atoms with van der Waals surface area (Å²) in [5.41, 5.74) is 5.58. The van der Waals surface area contributed by atoms with Gasteiger partial charge in [-0.25, -0.2) is 0 Å². The summed E-state index contributed by atoms with van der Waals surface area (Å²) in [6.07, 6.45) is 6.94. The van der Waals surface area contributed by atoms with Crippen molar-refractivity contribution in [2.24, 2.45) is 20.5 Å². The van der Waals surface area contributed by atoms with E-state index in [1.54, 1.807) is 0 Å². The van der Waals surface area contributed by atoms with Gasteiger partial charge in [-0.1, -0.05) is 81.6 Å². The van der Waals surface area contributed by atoms with Gasteiger partial charge < -0.3 is 9.47 Å². The van der Waals surface area contributed by atoms with Crippen LogP contribution in [0.5, 0.6) is 11.5 Å². The first-order valence-corrected chi connectivity index (χ1v) is 15.6. The summed E-state index contributed by atoms with van der Waals surface area (Å²) in [4.78, 5) is 0. The zero-order chi connectivity index (χ0) is 30.4. The Bertz CT molecular complexity index is 1660. The highest BCUT2D eigenvalue weighted by molar-refractivity contribution is 5.99. The van der Waals surface area contributed by atoms with E-state index in [0.29, 0.717) is 6.61 Å². The zero-order valence-electron chi connectivity index (χ0n) is 25.7. The lowest BCUT2D eigenvalue weighted by atomic mass is 10.1. The number of azo groups is 2. The highest BCUT2D eigenvalue weighted by Gasteiger charge is 2.06. The maximum atomic E-state index is 5.96. The molecule has 0 aromatic heterocycles. The zero-order valence-corrected chi connectivity index (χ0v) is 25.7. The molecule has 0 unspecified atom stereocenters. The molecule has 0 spiro atoms. The largest absolute Gasteiger partial charge is 0.494 e. The van der Waals surface area contributed by atoms with E-state index in [1.165, 1.54) is 31.2 Å². The molecule has 0 amide bonds. The van der Waals surface area contributed by atoms with Gasteiger partial charge in [0.05, 0.1) is 29.4 Å². The lowest BCUT2D eigenvalue weighted by Crippen LogP contribution is -1.98. The quantitative estimate of drug-likeness (QED) is 0.0907. The molecule has 0 N–H and O–H groups in total. The topological polar surface area (TPSA) is 67.9 Å². The van der Waals surface area contributed by atoms with Crippen molar-refractivity contribution in [2.45, 2.75) is 59.0 Å². The van der Waals surface area contributed by atoms with Crippen molar-refractivity contribution in [3.8, 4) is 11.5 Å². The second kappa shape index (κ2) is 16.1. The minimum atomic E-state index is 0.470. The Morgan fingerprint density at radius 2 is 1.00 bits per heavy atom. The first-order chi connectivity index (χ1) is 21.7. The molecule has 0 fully saturated rings. The Morgan fingerprint density at radius 3 is 1.55 bits per heavy atom. The second-order valence-corrected chi connectivity index (χ2v) is 10.8. The van der Waals surface area contributed by atoms with Gasteiger partial charge in [0, 0.05) is 10.8 Å². The fraction of sp³-hybridized carbons (Fsp3) is 0.263. The summed E-state index contributed by atoms with van der Waals surface area (Å²) in [5.74, 6) is 1.68. The average molecular weight is 585 g/mol. The standard InChI is InChI=1S/C38H40N4O2/c1-3-5-9-27-43-33-21-23-34(24-22-33)44-28-30-15-19-32(20-16-30)40-42-38-26-25-37(35-11-7-8-12-36(35)38)41-39-31-17-13-29(14-18-31)10-6-4-2/h7-8,11-26H,3-6,9-10,27-28H2,1-2H3. The van der Waals surface area contributed by atoms with Crippen molar-refractivity contribution < 1.29 is 9.47 Å². The fourth-order valence-corrected chi connectivity index (χ4v) is 4.77. The van der Waals surface area contributed by atoms with Crippen molar-refractivity contribution >= 4 is 33.5 Å². The number of rotatable bonds is 15. The third-order valence-electron chi connectivity index (χ3n) is 7.36. The molecule has 0 saturated carbocycles. The Kier molecular flexibility index (Phi) is 11.2. The first kappa shape index (κ1) is 30.6. The summed E-state index contributed by atoms with van der Waals surface area (Å²) in [6, 6.07) is 36.0. The first-order valence-electron chi connectivity index (χ1n) is 15.6. The molecule has 0 heterocycles. The van der Waals surface area contributed by atoms with E-state index in [1.807, 2.05) is 97.1 Å². The van der Waals surface area contributed by atoms with Crippen LogP contribution in [0.2, 0.25) is 0 Å². The van der Waals surface area contributed by atoms with Gasteiger partial charge in [-0.05, 0) is 91.1 Å². The molecular formula is C38H40N4O2. The van der Waals surface area contributed by atoms with Crippen LogP contribution in [0.4, 0.5) is 22.7 Å². The summed E-state index contributed by atoms with van der Waals surface area (Å²) in [5, 5.41) is 20.1. The molecule has 0 aliphatic rings. The van der Waals surface area contributed by atoms with E-state index >= 15 is 0 Å². The normalized spacial score (nSPS) is 11.5. The number of hydrogen-bond acceptors (Lipinski definition) is 6. The summed E-state index contributed by atoms with van der Waals surface area (Å²) < 4.78 is 11.7. The van der Waals surface area contributed by atoms with Gasteiger partial charge >= 0.3 is 0 Å². The fourth-order valence-electron chi connectivity index (χ4n) is 4.77. The monoisotopic (exact) mass is 584 g/mol. The minimum Gasteiger partial charge on any atom is -0.494 e. The average Bonchev–Trinajstić information content (AvgIpc) is 3.08. The van der Waals surface area contributed by atoms with Crippen LogP contribution in [0.15, 0.2) is 130 Å². The van der Waals surface area contributed by atoms with Gasteiger partial charge in [-0.15, -0.1) is 10.2 Å². The van der Waals surface area contributed by atoms with E-state index in [2.05, 4.69) is 46.4 Å². The number of aryl methyl sites for hydroxylation is 1.